The van der Waals surface area contributed by atoms with E-state index in [1.54, 1.807) is 22.9 Å². The van der Waals surface area contributed by atoms with Crippen molar-refractivity contribution >= 4 is 11.6 Å². The number of hydrogen-bond acceptors (Lipinski definition) is 4. The number of nitrogens with zero attached hydrogens (tertiary/aromatic N) is 3. The molecule has 0 radical (unpaired) electrons. The summed E-state index contributed by atoms with van der Waals surface area (Å²) in [6.07, 6.45) is 0. The Hall–Kier alpha value is -2.19. The van der Waals surface area contributed by atoms with Crippen molar-refractivity contribution in [3.8, 4) is 17.6 Å². The van der Waals surface area contributed by atoms with Crippen LogP contribution in [0.15, 0.2) is 18.2 Å². The highest BCUT2D eigenvalue weighted by molar-refractivity contribution is 6.31. The number of rotatable bonds is 5. The van der Waals surface area contributed by atoms with Crippen molar-refractivity contribution in [3.05, 3.63) is 40.2 Å². The van der Waals surface area contributed by atoms with Crippen molar-refractivity contribution < 1.29 is 9.47 Å². The van der Waals surface area contributed by atoms with Gasteiger partial charge in [0, 0.05) is 13.1 Å². The van der Waals surface area contributed by atoms with E-state index in [2.05, 4.69) is 11.2 Å². The van der Waals surface area contributed by atoms with E-state index < -0.39 is 0 Å². The lowest BCUT2D eigenvalue weighted by molar-refractivity contribution is 0.263. The van der Waals surface area contributed by atoms with E-state index in [0.29, 0.717) is 28.7 Å². The average molecular weight is 306 g/mol. The molecule has 0 N–H and O–H groups in total. The van der Waals surface area contributed by atoms with Crippen LogP contribution >= 0.6 is 11.6 Å². The summed E-state index contributed by atoms with van der Waals surface area (Å²) >= 11 is 6.19. The molecule has 2 rings (SSSR count). The standard InChI is InChI=1S/C15H16ClN3O2/c1-4-20-14-7-11(8-17)5-6-13(14)21-9-12-15(16)10(2)18-19(12)3/h5-7H,4,9H2,1-3H3. The fourth-order valence-corrected chi connectivity index (χ4v) is 2.16. The molecule has 0 spiro atoms. The molecule has 2 aromatic rings. The third-order valence-corrected chi connectivity index (χ3v) is 3.49. The fourth-order valence-electron chi connectivity index (χ4n) is 1.95. The maximum Gasteiger partial charge on any atom is 0.162 e. The summed E-state index contributed by atoms with van der Waals surface area (Å²) in [6, 6.07) is 7.15. The second-order valence-corrected chi connectivity index (χ2v) is 4.84. The van der Waals surface area contributed by atoms with E-state index in [4.69, 9.17) is 26.3 Å². The minimum absolute atomic E-state index is 0.280. The fraction of sp³-hybridized carbons (Fsp3) is 0.333. The van der Waals surface area contributed by atoms with Crippen LogP contribution in [0, 0.1) is 18.3 Å². The summed E-state index contributed by atoms with van der Waals surface area (Å²) in [5.41, 5.74) is 2.09. The molecule has 1 aromatic carbocycles. The van der Waals surface area contributed by atoms with Gasteiger partial charge in [-0.15, -0.1) is 0 Å². The van der Waals surface area contributed by atoms with E-state index in [0.717, 1.165) is 11.4 Å². The molecular weight excluding hydrogens is 290 g/mol. The van der Waals surface area contributed by atoms with Crippen LogP contribution < -0.4 is 9.47 Å². The summed E-state index contributed by atoms with van der Waals surface area (Å²) in [5.74, 6) is 1.12. The first-order valence-corrected chi connectivity index (χ1v) is 6.92. The molecule has 0 saturated carbocycles. The van der Waals surface area contributed by atoms with Gasteiger partial charge >= 0.3 is 0 Å². The lowest BCUT2D eigenvalue weighted by atomic mass is 10.2. The largest absolute Gasteiger partial charge is 0.490 e. The third-order valence-electron chi connectivity index (χ3n) is 3.00. The molecule has 0 fully saturated rings. The highest BCUT2D eigenvalue weighted by atomic mass is 35.5. The number of aromatic nitrogens is 2. The predicted molar refractivity (Wildman–Crippen MR) is 79.6 cm³/mol. The highest BCUT2D eigenvalue weighted by Crippen LogP contribution is 2.30. The Morgan fingerprint density at radius 3 is 2.67 bits per heavy atom. The quantitative estimate of drug-likeness (QED) is 0.851. The van der Waals surface area contributed by atoms with Crippen molar-refractivity contribution in [2.75, 3.05) is 6.61 Å². The van der Waals surface area contributed by atoms with Gasteiger partial charge in [0.05, 0.1) is 34.7 Å². The third kappa shape index (κ3) is 3.29. The van der Waals surface area contributed by atoms with Crippen molar-refractivity contribution in [3.63, 3.8) is 0 Å². The second-order valence-electron chi connectivity index (χ2n) is 4.46. The molecule has 1 heterocycles. The van der Waals surface area contributed by atoms with Crippen molar-refractivity contribution in [1.29, 1.82) is 5.26 Å². The van der Waals surface area contributed by atoms with Gasteiger partial charge < -0.3 is 9.47 Å². The Morgan fingerprint density at radius 2 is 2.10 bits per heavy atom. The predicted octanol–water partition coefficient (Wildman–Crippen LogP) is 3.23. The first-order valence-electron chi connectivity index (χ1n) is 6.54. The Morgan fingerprint density at radius 1 is 1.33 bits per heavy atom. The maximum atomic E-state index is 8.93. The molecule has 0 unspecified atom stereocenters. The van der Waals surface area contributed by atoms with E-state index in [9.17, 15) is 0 Å². The van der Waals surface area contributed by atoms with Gasteiger partial charge in [0.15, 0.2) is 11.5 Å². The van der Waals surface area contributed by atoms with Gasteiger partial charge in [-0.2, -0.15) is 10.4 Å². The van der Waals surface area contributed by atoms with Crippen molar-refractivity contribution in [2.24, 2.45) is 7.05 Å². The summed E-state index contributed by atoms with van der Waals surface area (Å²) < 4.78 is 13.0. The van der Waals surface area contributed by atoms with Crippen LogP contribution in [0.1, 0.15) is 23.9 Å². The molecule has 0 aliphatic rings. The lowest BCUT2D eigenvalue weighted by Gasteiger charge is -2.12. The number of benzene rings is 1. The zero-order chi connectivity index (χ0) is 15.4. The lowest BCUT2D eigenvalue weighted by Crippen LogP contribution is -2.05. The second kappa shape index (κ2) is 6.51. The van der Waals surface area contributed by atoms with Gasteiger partial charge in [0.25, 0.3) is 0 Å². The normalized spacial score (nSPS) is 10.2. The zero-order valence-corrected chi connectivity index (χ0v) is 12.9. The van der Waals surface area contributed by atoms with Gasteiger partial charge in [-0.3, -0.25) is 4.68 Å². The van der Waals surface area contributed by atoms with Crippen LogP contribution in [0.4, 0.5) is 0 Å². The van der Waals surface area contributed by atoms with Gasteiger partial charge in [-0.05, 0) is 26.0 Å². The Balaban J connectivity index is 2.21. The monoisotopic (exact) mass is 305 g/mol. The zero-order valence-electron chi connectivity index (χ0n) is 12.2. The van der Waals surface area contributed by atoms with Crippen molar-refractivity contribution in [2.45, 2.75) is 20.5 Å². The van der Waals surface area contributed by atoms with E-state index in [1.165, 1.54) is 0 Å². The number of hydrogen-bond donors (Lipinski definition) is 0. The number of ether oxygens (including phenoxy) is 2. The minimum atomic E-state index is 0.280. The maximum absolute atomic E-state index is 8.93. The van der Waals surface area contributed by atoms with Crippen LogP contribution in [0.25, 0.3) is 0 Å². The van der Waals surface area contributed by atoms with Gasteiger partial charge in [0.2, 0.25) is 0 Å². The molecule has 0 aliphatic heterocycles. The first kappa shape index (κ1) is 15.2. The molecule has 1 aromatic heterocycles. The molecule has 0 aliphatic carbocycles. The van der Waals surface area contributed by atoms with E-state index in [1.807, 2.05) is 20.9 Å². The minimum Gasteiger partial charge on any atom is -0.490 e. The molecule has 6 heteroatoms. The molecule has 0 bridgehead atoms. The molecule has 5 nitrogen and oxygen atoms in total. The summed E-state index contributed by atoms with van der Waals surface area (Å²) in [7, 11) is 1.82. The Labute approximate surface area is 128 Å². The smallest absolute Gasteiger partial charge is 0.162 e. The number of halogens is 1. The van der Waals surface area contributed by atoms with E-state index in [-0.39, 0.29) is 6.61 Å². The number of nitriles is 1. The summed E-state index contributed by atoms with van der Waals surface area (Å²) in [5, 5.41) is 13.8. The van der Waals surface area contributed by atoms with Crippen LogP contribution in [0.2, 0.25) is 5.02 Å². The highest BCUT2D eigenvalue weighted by Gasteiger charge is 2.13. The molecule has 110 valence electrons. The van der Waals surface area contributed by atoms with Gasteiger partial charge in [-0.25, -0.2) is 0 Å². The summed E-state index contributed by atoms with van der Waals surface area (Å²) in [6.45, 7) is 4.50. The van der Waals surface area contributed by atoms with Gasteiger partial charge in [-0.1, -0.05) is 11.6 Å². The van der Waals surface area contributed by atoms with Gasteiger partial charge in [0.1, 0.15) is 6.61 Å². The Kier molecular flexibility index (Phi) is 4.71. The summed E-state index contributed by atoms with van der Waals surface area (Å²) in [4.78, 5) is 0. The molecule has 0 amide bonds. The van der Waals surface area contributed by atoms with Crippen LogP contribution in [-0.2, 0) is 13.7 Å². The van der Waals surface area contributed by atoms with E-state index >= 15 is 0 Å². The molecule has 21 heavy (non-hydrogen) atoms. The number of aryl methyl sites for hydroxylation is 2. The molecular formula is C15H16ClN3O2. The average Bonchev–Trinajstić information content (AvgIpc) is 2.71. The van der Waals surface area contributed by atoms with Crippen LogP contribution in [-0.4, -0.2) is 16.4 Å². The van der Waals surface area contributed by atoms with Crippen LogP contribution in [0.3, 0.4) is 0 Å². The molecule has 0 saturated heterocycles. The molecule has 0 atom stereocenters. The topological polar surface area (TPSA) is 60.1 Å². The SMILES string of the molecule is CCOc1cc(C#N)ccc1OCc1c(Cl)c(C)nn1C. The first-order chi connectivity index (χ1) is 10.1. The van der Waals surface area contributed by atoms with Crippen molar-refractivity contribution in [1.82, 2.24) is 9.78 Å². The Bertz CT molecular complexity index is 689. The van der Waals surface area contributed by atoms with Crippen LogP contribution in [0.5, 0.6) is 11.5 Å².